The van der Waals surface area contributed by atoms with E-state index in [4.69, 9.17) is 4.74 Å². The number of ether oxygens (including phenoxy) is 1. The number of hydrogen-bond donors (Lipinski definition) is 0. The van der Waals surface area contributed by atoms with E-state index in [2.05, 4.69) is 49.6 Å². The summed E-state index contributed by atoms with van der Waals surface area (Å²) in [6, 6.07) is 16.7. The summed E-state index contributed by atoms with van der Waals surface area (Å²) < 4.78 is 5.48. The van der Waals surface area contributed by atoms with E-state index in [1.54, 1.807) is 17.8 Å². The Labute approximate surface area is 125 Å². The van der Waals surface area contributed by atoms with Crippen LogP contribution in [0.5, 0.6) is 5.75 Å². The predicted octanol–water partition coefficient (Wildman–Crippen LogP) is 5.20. The van der Waals surface area contributed by atoms with Gasteiger partial charge in [-0.25, -0.2) is 0 Å². The first kappa shape index (κ1) is 14.5. The lowest BCUT2D eigenvalue weighted by molar-refractivity contribution is 0.363. The van der Waals surface area contributed by atoms with Crippen LogP contribution in [-0.2, 0) is 0 Å². The van der Waals surface area contributed by atoms with Crippen LogP contribution in [-0.4, -0.2) is 12.4 Å². The highest BCUT2D eigenvalue weighted by Crippen LogP contribution is 2.25. The second-order valence-corrected chi connectivity index (χ2v) is 5.34. The molecule has 0 aliphatic carbocycles. The number of rotatable bonds is 7. The van der Waals surface area contributed by atoms with Gasteiger partial charge in [-0.3, -0.25) is 0 Å². The van der Waals surface area contributed by atoms with Crippen molar-refractivity contribution in [3.63, 3.8) is 0 Å². The van der Waals surface area contributed by atoms with E-state index in [1.807, 2.05) is 18.2 Å². The van der Waals surface area contributed by atoms with Gasteiger partial charge in [0, 0.05) is 10.6 Å². The molecule has 0 N–H and O–H groups in total. The van der Waals surface area contributed by atoms with Crippen LogP contribution in [0, 0.1) is 0 Å². The van der Waals surface area contributed by atoms with Crippen molar-refractivity contribution in [2.24, 2.45) is 0 Å². The van der Waals surface area contributed by atoms with Crippen LogP contribution in [0.2, 0.25) is 0 Å². The fourth-order valence-electron chi connectivity index (χ4n) is 1.80. The van der Waals surface area contributed by atoms with E-state index in [0.29, 0.717) is 6.61 Å². The van der Waals surface area contributed by atoms with Crippen molar-refractivity contribution < 1.29 is 4.74 Å². The summed E-state index contributed by atoms with van der Waals surface area (Å²) in [6.45, 7) is 7.90. The Bertz CT molecular complexity index is 501. The smallest absolute Gasteiger partial charge is 0.119 e. The summed E-state index contributed by atoms with van der Waals surface area (Å²) in [5, 5.41) is 0. The van der Waals surface area contributed by atoms with Gasteiger partial charge in [0.1, 0.15) is 12.4 Å². The first-order chi connectivity index (χ1) is 9.83. The Morgan fingerprint density at radius 2 is 1.45 bits per heavy atom. The molecule has 0 spiro atoms. The van der Waals surface area contributed by atoms with Crippen LogP contribution in [0.15, 0.2) is 78.7 Å². The van der Waals surface area contributed by atoms with Gasteiger partial charge in [0.05, 0.1) is 0 Å². The Morgan fingerprint density at radius 1 is 0.850 bits per heavy atom. The molecule has 0 saturated heterocycles. The van der Waals surface area contributed by atoms with Crippen molar-refractivity contribution in [2.75, 3.05) is 12.4 Å². The molecule has 2 heteroatoms. The van der Waals surface area contributed by atoms with Gasteiger partial charge in [-0.15, -0.1) is 18.3 Å². The summed E-state index contributed by atoms with van der Waals surface area (Å²) in [7, 11) is 0. The Kier molecular flexibility index (Phi) is 5.51. The van der Waals surface area contributed by atoms with Gasteiger partial charge >= 0.3 is 0 Å². The van der Waals surface area contributed by atoms with Gasteiger partial charge in [-0.2, -0.15) is 0 Å². The molecule has 0 aromatic heterocycles. The summed E-state index contributed by atoms with van der Waals surface area (Å²) in [4.78, 5) is 1.26. The highest BCUT2D eigenvalue weighted by Gasteiger charge is 1.99. The molecule has 0 saturated carbocycles. The monoisotopic (exact) mass is 282 g/mol. The summed E-state index contributed by atoms with van der Waals surface area (Å²) in [5.74, 6) is 1.81. The molecule has 0 bridgehead atoms. The topological polar surface area (TPSA) is 9.23 Å². The van der Waals surface area contributed by atoms with Crippen molar-refractivity contribution in [1.29, 1.82) is 0 Å². The van der Waals surface area contributed by atoms with Gasteiger partial charge in [-0.05, 0) is 35.4 Å². The molecule has 1 nitrogen and oxygen atoms in total. The molecule has 2 aromatic rings. The van der Waals surface area contributed by atoms with Gasteiger partial charge in [-0.1, -0.05) is 43.0 Å². The van der Waals surface area contributed by atoms with Crippen LogP contribution >= 0.6 is 11.8 Å². The molecule has 0 amide bonds. The average Bonchev–Trinajstić information content (AvgIpc) is 2.52. The third-order valence-electron chi connectivity index (χ3n) is 2.78. The zero-order valence-electron chi connectivity index (χ0n) is 11.4. The maximum atomic E-state index is 5.48. The number of thioether (sulfide) groups is 1. The van der Waals surface area contributed by atoms with Crippen molar-refractivity contribution in [3.8, 4) is 16.9 Å². The Morgan fingerprint density at radius 3 is 2.00 bits per heavy atom. The SMILES string of the molecule is C=CCOc1ccc(-c2ccc(SCC=C)cc2)cc1. The first-order valence-corrected chi connectivity index (χ1v) is 7.50. The molecular weight excluding hydrogens is 264 g/mol. The maximum absolute atomic E-state index is 5.48. The molecule has 0 unspecified atom stereocenters. The quantitative estimate of drug-likeness (QED) is 0.510. The third-order valence-corrected chi connectivity index (χ3v) is 3.79. The van der Waals surface area contributed by atoms with Crippen molar-refractivity contribution >= 4 is 11.8 Å². The van der Waals surface area contributed by atoms with Crippen LogP contribution < -0.4 is 4.74 Å². The molecule has 0 heterocycles. The highest BCUT2D eigenvalue weighted by molar-refractivity contribution is 7.99. The van der Waals surface area contributed by atoms with Crippen LogP contribution in [0.1, 0.15) is 0 Å². The second-order valence-electron chi connectivity index (χ2n) is 4.25. The van der Waals surface area contributed by atoms with Crippen LogP contribution in [0.4, 0.5) is 0 Å². The van der Waals surface area contributed by atoms with E-state index in [-0.39, 0.29) is 0 Å². The van der Waals surface area contributed by atoms with Crippen molar-refractivity contribution in [3.05, 3.63) is 73.8 Å². The Balaban J connectivity index is 2.06. The molecule has 0 fully saturated rings. The standard InChI is InChI=1S/C18H18OS/c1-3-13-19-17-9-5-15(6-10-17)16-7-11-18(12-8-16)20-14-4-2/h3-12H,1-2,13-14H2. The fourth-order valence-corrected chi connectivity index (χ4v) is 2.44. The number of benzene rings is 2. The average molecular weight is 282 g/mol. The lowest BCUT2D eigenvalue weighted by Gasteiger charge is -2.06. The largest absolute Gasteiger partial charge is 0.490 e. The minimum atomic E-state index is 0.536. The zero-order chi connectivity index (χ0) is 14.2. The van der Waals surface area contributed by atoms with Crippen molar-refractivity contribution in [2.45, 2.75) is 4.90 Å². The maximum Gasteiger partial charge on any atom is 0.119 e. The molecule has 0 atom stereocenters. The molecule has 0 aliphatic rings. The molecule has 0 aliphatic heterocycles. The van der Waals surface area contributed by atoms with E-state index < -0.39 is 0 Å². The van der Waals surface area contributed by atoms with Crippen LogP contribution in [0.3, 0.4) is 0 Å². The molecular formula is C18H18OS. The predicted molar refractivity (Wildman–Crippen MR) is 88.5 cm³/mol. The lowest BCUT2D eigenvalue weighted by atomic mass is 10.1. The first-order valence-electron chi connectivity index (χ1n) is 6.51. The number of hydrogen-bond acceptors (Lipinski definition) is 2. The van der Waals surface area contributed by atoms with Crippen LogP contribution in [0.25, 0.3) is 11.1 Å². The molecule has 20 heavy (non-hydrogen) atoms. The lowest BCUT2D eigenvalue weighted by Crippen LogP contribution is -1.92. The van der Waals surface area contributed by atoms with Gasteiger partial charge in [0.2, 0.25) is 0 Å². The molecule has 102 valence electrons. The summed E-state index contributed by atoms with van der Waals surface area (Å²) in [5.41, 5.74) is 2.40. The highest BCUT2D eigenvalue weighted by atomic mass is 32.2. The van der Waals surface area contributed by atoms with E-state index in [0.717, 1.165) is 11.5 Å². The Hall–Kier alpha value is -1.93. The zero-order valence-corrected chi connectivity index (χ0v) is 12.2. The normalized spacial score (nSPS) is 10.0. The van der Waals surface area contributed by atoms with E-state index in [9.17, 15) is 0 Å². The van der Waals surface area contributed by atoms with Gasteiger partial charge in [0.25, 0.3) is 0 Å². The fraction of sp³-hybridized carbons (Fsp3) is 0.111. The van der Waals surface area contributed by atoms with E-state index >= 15 is 0 Å². The minimum absolute atomic E-state index is 0.536. The molecule has 2 rings (SSSR count). The molecule has 2 aromatic carbocycles. The molecule has 0 radical (unpaired) electrons. The minimum Gasteiger partial charge on any atom is -0.490 e. The third kappa shape index (κ3) is 4.04. The van der Waals surface area contributed by atoms with E-state index in [1.165, 1.54) is 16.0 Å². The summed E-state index contributed by atoms with van der Waals surface area (Å²) in [6.07, 6.45) is 3.66. The van der Waals surface area contributed by atoms with Gasteiger partial charge in [0.15, 0.2) is 0 Å². The van der Waals surface area contributed by atoms with Crippen molar-refractivity contribution in [1.82, 2.24) is 0 Å². The second kappa shape index (κ2) is 7.61. The summed E-state index contributed by atoms with van der Waals surface area (Å²) >= 11 is 1.79. The van der Waals surface area contributed by atoms with Gasteiger partial charge < -0.3 is 4.74 Å².